The van der Waals surface area contributed by atoms with E-state index in [1.54, 1.807) is 0 Å². The van der Waals surface area contributed by atoms with Gasteiger partial charge in [0, 0.05) is 5.39 Å². The van der Waals surface area contributed by atoms with Crippen molar-refractivity contribution in [2.75, 3.05) is 0 Å². The first-order valence-corrected chi connectivity index (χ1v) is 3.90. The van der Waals surface area contributed by atoms with Crippen molar-refractivity contribution in [3.8, 4) is 11.9 Å². The Hall–Kier alpha value is -2.15. The van der Waals surface area contributed by atoms with Crippen molar-refractivity contribution in [3.05, 3.63) is 35.8 Å². The SMILES string of the molecule is N#Cc1cc2ccc(F)cc2c(O)n1. The first-order valence-electron chi connectivity index (χ1n) is 3.90. The third-order valence-electron chi connectivity index (χ3n) is 1.89. The van der Waals surface area contributed by atoms with Crippen LogP contribution in [0.3, 0.4) is 0 Å². The fourth-order valence-electron chi connectivity index (χ4n) is 1.26. The van der Waals surface area contributed by atoms with Gasteiger partial charge in [-0.15, -0.1) is 0 Å². The lowest BCUT2D eigenvalue weighted by molar-refractivity contribution is 0.459. The van der Waals surface area contributed by atoms with Gasteiger partial charge in [0.15, 0.2) is 0 Å². The minimum absolute atomic E-state index is 0.113. The maximum Gasteiger partial charge on any atom is 0.220 e. The van der Waals surface area contributed by atoms with Crippen LogP contribution >= 0.6 is 0 Å². The zero-order valence-corrected chi connectivity index (χ0v) is 7.03. The maximum absolute atomic E-state index is 12.8. The molecule has 0 radical (unpaired) electrons. The molecule has 0 atom stereocenters. The van der Waals surface area contributed by atoms with Crippen LogP contribution in [0.25, 0.3) is 10.8 Å². The molecule has 4 heteroatoms. The number of rotatable bonds is 0. The van der Waals surface area contributed by atoms with E-state index in [1.807, 2.05) is 6.07 Å². The van der Waals surface area contributed by atoms with E-state index in [9.17, 15) is 9.50 Å². The van der Waals surface area contributed by atoms with Crippen molar-refractivity contribution < 1.29 is 9.50 Å². The Kier molecular flexibility index (Phi) is 1.79. The minimum atomic E-state index is -0.445. The largest absolute Gasteiger partial charge is 0.493 e. The van der Waals surface area contributed by atoms with Crippen LogP contribution in [0.2, 0.25) is 0 Å². The van der Waals surface area contributed by atoms with Crippen LogP contribution in [0.4, 0.5) is 4.39 Å². The molecule has 0 aliphatic rings. The minimum Gasteiger partial charge on any atom is -0.493 e. The molecule has 0 spiro atoms. The molecule has 1 N–H and O–H groups in total. The van der Waals surface area contributed by atoms with Crippen LogP contribution in [-0.4, -0.2) is 10.1 Å². The maximum atomic E-state index is 12.8. The van der Waals surface area contributed by atoms with E-state index in [-0.39, 0.29) is 11.6 Å². The molecule has 0 unspecified atom stereocenters. The van der Waals surface area contributed by atoms with Gasteiger partial charge in [-0.3, -0.25) is 0 Å². The van der Waals surface area contributed by atoms with Gasteiger partial charge in [-0.2, -0.15) is 5.26 Å². The summed E-state index contributed by atoms with van der Waals surface area (Å²) in [4.78, 5) is 3.59. The predicted molar refractivity (Wildman–Crippen MR) is 48.1 cm³/mol. The fourth-order valence-corrected chi connectivity index (χ4v) is 1.26. The number of hydrogen-bond donors (Lipinski definition) is 1. The number of nitriles is 1. The highest BCUT2D eigenvalue weighted by molar-refractivity contribution is 5.87. The van der Waals surface area contributed by atoms with Gasteiger partial charge in [-0.25, -0.2) is 9.37 Å². The highest BCUT2D eigenvalue weighted by Crippen LogP contribution is 2.23. The Bertz CT molecular complexity index is 546. The molecule has 0 aliphatic carbocycles. The molecule has 0 fully saturated rings. The Morgan fingerprint density at radius 3 is 2.86 bits per heavy atom. The first-order chi connectivity index (χ1) is 6.70. The van der Waals surface area contributed by atoms with Crippen molar-refractivity contribution in [3.63, 3.8) is 0 Å². The van der Waals surface area contributed by atoms with E-state index in [1.165, 1.54) is 24.3 Å². The summed E-state index contributed by atoms with van der Waals surface area (Å²) in [5.41, 5.74) is 0.113. The first kappa shape index (κ1) is 8.45. The molecule has 68 valence electrons. The number of aromatic hydroxyl groups is 1. The average molecular weight is 188 g/mol. The monoisotopic (exact) mass is 188 g/mol. The number of pyridine rings is 1. The zero-order chi connectivity index (χ0) is 10.1. The molecule has 2 rings (SSSR count). The van der Waals surface area contributed by atoms with Crippen LogP contribution in [0.15, 0.2) is 24.3 Å². The molecule has 1 heterocycles. The highest BCUT2D eigenvalue weighted by Gasteiger charge is 2.05. The van der Waals surface area contributed by atoms with Crippen molar-refractivity contribution in [1.29, 1.82) is 5.26 Å². The summed E-state index contributed by atoms with van der Waals surface area (Å²) in [6.45, 7) is 0. The van der Waals surface area contributed by atoms with E-state index in [0.29, 0.717) is 10.8 Å². The summed E-state index contributed by atoms with van der Waals surface area (Å²) in [5.74, 6) is -0.766. The van der Waals surface area contributed by atoms with Crippen LogP contribution in [0, 0.1) is 17.1 Å². The number of fused-ring (bicyclic) bond motifs is 1. The molecule has 2 aromatic rings. The van der Waals surface area contributed by atoms with Gasteiger partial charge in [0.05, 0.1) is 0 Å². The van der Waals surface area contributed by atoms with Gasteiger partial charge in [-0.05, 0) is 23.6 Å². The molecule has 1 aromatic heterocycles. The van der Waals surface area contributed by atoms with Crippen molar-refractivity contribution in [1.82, 2.24) is 4.98 Å². The quantitative estimate of drug-likeness (QED) is 0.687. The molecule has 3 nitrogen and oxygen atoms in total. The molecule has 0 amide bonds. The van der Waals surface area contributed by atoms with Gasteiger partial charge >= 0.3 is 0 Å². The van der Waals surface area contributed by atoms with Gasteiger partial charge in [0.25, 0.3) is 0 Å². The molecule has 1 aromatic carbocycles. The third kappa shape index (κ3) is 1.25. The van der Waals surface area contributed by atoms with Crippen LogP contribution in [0.1, 0.15) is 5.69 Å². The van der Waals surface area contributed by atoms with Crippen molar-refractivity contribution in [2.24, 2.45) is 0 Å². The molecule has 0 saturated heterocycles. The van der Waals surface area contributed by atoms with Crippen molar-refractivity contribution in [2.45, 2.75) is 0 Å². The lowest BCUT2D eigenvalue weighted by atomic mass is 10.1. The molecule has 14 heavy (non-hydrogen) atoms. The number of aromatic nitrogens is 1. The van der Waals surface area contributed by atoms with E-state index in [0.717, 1.165) is 0 Å². The lowest BCUT2D eigenvalue weighted by Gasteiger charge is -2.00. The summed E-state index contributed by atoms with van der Waals surface area (Å²) in [6, 6.07) is 7.24. The summed E-state index contributed by atoms with van der Waals surface area (Å²) < 4.78 is 12.8. The van der Waals surface area contributed by atoms with E-state index < -0.39 is 5.82 Å². The van der Waals surface area contributed by atoms with Crippen molar-refractivity contribution >= 4 is 10.8 Å². The number of hydrogen-bond acceptors (Lipinski definition) is 3. The second-order valence-electron chi connectivity index (χ2n) is 2.81. The normalized spacial score (nSPS) is 10.0. The van der Waals surface area contributed by atoms with E-state index in [4.69, 9.17) is 5.26 Å². The summed E-state index contributed by atoms with van der Waals surface area (Å²) in [7, 11) is 0. The van der Waals surface area contributed by atoms with Gasteiger partial charge in [0.1, 0.15) is 17.6 Å². The number of benzene rings is 1. The second-order valence-corrected chi connectivity index (χ2v) is 2.81. The summed E-state index contributed by atoms with van der Waals surface area (Å²) in [6.07, 6.45) is 0. The van der Waals surface area contributed by atoms with E-state index >= 15 is 0 Å². The van der Waals surface area contributed by atoms with Crippen LogP contribution < -0.4 is 0 Å². The van der Waals surface area contributed by atoms with Gasteiger partial charge < -0.3 is 5.11 Å². The third-order valence-corrected chi connectivity index (χ3v) is 1.89. The summed E-state index contributed by atoms with van der Waals surface area (Å²) in [5, 5.41) is 18.9. The highest BCUT2D eigenvalue weighted by atomic mass is 19.1. The standard InChI is InChI=1S/C10H5FN2O/c11-7-2-1-6-3-8(5-12)13-10(14)9(6)4-7/h1-4H,(H,13,14). The zero-order valence-electron chi connectivity index (χ0n) is 7.03. The predicted octanol–water partition coefficient (Wildman–Crippen LogP) is 1.95. The Balaban J connectivity index is 2.84. The Morgan fingerprint density at radius 2 is 2.14 bits per heavy atom. The van der Waals surface area contributed by atoms with E-state index in [2.05, 4.69) is 4.98 Å². The molecular formula is C10H5FN2O. The molecule has 0 bridgehead atoms. The average Bonchev–Trinajstić information content (AvgIpc) is 2.19. The molecule has 0 saturated carbocycles. The second kappa shape index (κ2) is 2.96. The number of nitrogens with zero attached hydrogens (tertiary/aromatic N) is 2. The molecule has 0 aliphatic heterocycles. The van der Waals surface area contributed by atoms with Gasteiger partial charge in [-0.1, -0.05) is 6.07 Å². The topological polar surface area (TPSA) is 56.9 Å². The Morgan fingerprint density at radius 1 is 1.36 bits per heavy atom. The Labute approximate surface area is 79.1 Å². The number of halogens is 1. The van der Waals surface area contributed by atoms with Crippen LogP contribution in [0.5, 0.6) is 5.88 Å². The van der Waals surface area contributed by atoms with Crippen LogP contribution in [-0.2, 0) is 0 Å². The lowest BCUT2D eigenvalue weighted by Crippen LogP contribution is -1.85. The molecular weight excluding hydrogens is 183 g/mol. The fraction of sp³-hybridized carbons (Fsp3) is 0. The smallest absolute Gasteiger partial charge is 0.220 e. The summed E-state index contributed by atoms with van der Waals surface area (Å²) >= 11 is 0. The van der Waals surface area contributed by atoms with Gasteiger partial charge in [0.2, 0.25) is 5.88 Å².